The maximum atomic E-state index is 13.5. The number of rotatable bonds is 2. The molecule has 1 heterocycles. The minimum Gasteiger partial charge on any atom is -0.320 e. The Kier molecular flexibility index (Phi) is 4.49. The Labute approximate surface area is 116 Å². The molecule has 1 aliphatic heterocycles. The number of nitrogens with zero attached hydrogens (tertiary/aromatic N) is 1. The number of halogens is 1. The number of piperidine rings is 1. The lowest BCUT2D eigenvalue weighted by molar-refractivity contribution is -0.148. The molecule has 1 saturated heterocycles. The van der Waals surface area contributed by atoms with Crippen molar-refractivity contribution < 1.29 is 14.0 Å². The molecule has 0 saturated carbocycles. The smallest absolute Gasteiger partial charge is 0.229 e. The van der Waals surface area contributed by atoms with Crippen LogP contribution in [0, 0.1) is 17.7 Å². The molecule has 1 fully saturated rings. The topological polar surface area (TPSA) is 63.4 Å². The molecule has 104 valence electrons. The van der Waals surface area contributed by atoms with E-state index in [-0.39, 0.29) is 30.5 Å². The number of hydrogen-bond acceptors (Lipinski definition) is 3. The summed E-state index contributed by atoms with van der Waals surface area (Å²) in [5, 5.41) is 0. The van der Waals surface area contributed by atoms with Gasteiger partial charge >= 0.3 is 0 Å². The molecular weight excluding hydrogens is 259 g/mol. The van der Waals surface area contributed by atoms with Crippen molar-refractivity contribution in [3.05, 3.63) is 35.1 Å². The highest BCUT2D eigenvalue weighted by Gasteiger charge is 2.25. The van der Waals surface area contributed by atoms with Crippen LogP contribution in [0.5, 0.6) is 0 Å². The molecule has 1 aromatic carbocycles. The van der Waals surface area contributed by atoms with Crippen LogP contribution in [0.4, 0.5) is 4.39 Å². The van der Waals surface area contributed by atoms with Crippen molar-refractivity contribution in [2.75, 3.05) is 6.54 Å². The van der Waals surface area contributed by atoms with Crippen molar-refractivity contribution in [2.24, 2.45) is 5.73 Å². The molecular formula is C15H15FN2O2. The van der Waals surface area contributed by atoms with Gasteiger partial charge in [-0.15, -0.1) is 0 Å². The lowest BCUT2D eigenvalue weighted by atomic mass is 10.1. The summed E-state index contributed by atoms with van der Waals surface area (Å²) >= 11 is 0. The molecule has 0 unspecified atom stereocenters. The van der Waals surface area contributed by atoms with Crippen LogP contribution >= 0.6 is 0 Å². The Balaban J connectivity index is 2.21. The fraction of sp³-hybridized carbons (Fsp3) is 0.333. The van der Waals surface area contributed by atoms with E-state index in [2.05, 4.69) is 11.8 Å². The third-order valence-corrected chi connectivity index (χ3v) is 3.08. The maximum Gasteiger partial charge on any atom is 0.229 e. The van der Waals surface area contributed by atoms with Crippen LogP contribution in [0.25, 0.3) is 0 Å². The number of imide groups is 1. The van der Waals surface area contributed by atoms with Crippen molar-refractivity contribution in [1.82, 2.24) is 4.90 Å². The molecule has 0 bridgehead atoms. The Bertz CT molecular complexity index is 586. The van der Waals surface area contributed by atoms with Gasteiger partial charge in [-0.1, -0.05) is 17.9 Å². The summed E-state index contributed by atoms with van der Waals surface area (Å²) in [4.78, 5) is 24.7. The van der Waals surface area contributed by atoms with E-state index < -0.39 is 5.82 Å². The molecule has 0 atom stereocenters. The minimum absolute atomic E-state index is 0.146. The molecule has 2 rings (SSSR count). The molecule has 5 heteroatoms. The standard InChI is InChI=1S/C15H15FN2O2/c16-13-7-6-11(9-12(13)3-2-8-17)10-18-14(19)4-1-5-15(18)20/h6-7,9H,1,4-5,8,10,17H2. The van der Waals surface area contributed by atoms with Gasteiger partial charge in [0.15, 0.2) is 0 Å². The Hall–Kier alpha value is -2.19. The molecule has 20 heavy (non-hydrogen) atoms. The summed E-state index contributed by atoms with van der Waals surface area (Å²) in [6.45, 7) is 0.308. The van der Waals surface area contributed by atoms with Gasteiger partial charge in [-0.25, -0.2) is 4.39 Å². The summed E-state index contributed by atoms with van der Waals surface area (Å²) in [6, 6.07) is 4.39. The number of carbonyl (C=O) groups excluding carboxylic acids is 2. The van der Waals surface area contributed by atoms with Crippen molar-refractivity contribution in [2.45, 2.75) is 25.8 Å². The Morgan fingerprint density at radius 2 is 1.95 bits per heavy atom. The van der Waals surface area contributed by atoms with Crippen LogP contribution in [0.15, 0.2) is 18.2 Å². The van der Waals surface area contributed by atoms with E-state index in [1.165, 1.54) is 11.0 Å². The predicted octanol–water partition coefficient (Wildman–Crippen LogP) is 1.17. The summed E-state index contributed by atoms with van der Waals surface area (Å²) < 4.78 is 13.5. The molecule has 0 aliphatic carbocycles. The highest BCUT2D eigenvalue weighted by Crippen LogP contribution is 2.17. The lowest BCUT2D eigenvalue weighted by Gasteiger charge is -2.24. The van der Waals surface area contributed by atoms with Gasteiger partial charge in [0, 0.05) is 12.8 Å². The van der Waals surface area contributed by atoms with Crippen molar-refractivity contribution in [3.63, 3.8) is 0 Å². The van der Waals surface area contributed by atoms with Crippen molar-refractivity contribution in [1.29, 1.82) is 0 Å². The Morgan fingerprint density at radius 1 is 1.25 bits per heavy atom. The summed E-state index contributed by atoms with van der Waals surface area (Å²) in [7, 11) is 0. The van der Waals surface area contributed by atoms with Gasteiger partial charge < -0.3 is 5.73 Å². The van der Waals surface area contributed by atoms with E-state index in [0.29, 0.717) is 24.8 Å². The first kappa shape index (κ1) is 14.2. The number of likely N-dealkylation sites (tertiary alicyclic amines) is 1. The summed E-state index contributed by atoms with van der Waals surface area (Å²) in [5.74, 6) is 4.42. The second-order valence-electron chi connectivity index (χ2n) is 4.55. The number of carbonyl (C=O) groups is 2. The van der Waals surface area contributed by atoms with E-state index in [0.717, 1.165) is 0 Å². The normalized spacial score (nSPS) is 15.0. The average Bonchev–Trinajstić information content (AvgIpc) is 2.43. The van der Waals surface area contributed by atoms with Crippen molar-refractivity contribution in [3.8, 4) is 11.8 Å². The zero-order chi connectivity index (χ0) is 14.5. The molecule has 2 amide bonds. The first-order valence-electron chi connectivity index (χ1n) is 6.42. The van der Waals surface area contributed by atoms with Crippen LogP contribution < -0.4 is 5.73 Å². The van der Waals surface area contributed by atoms with E-state index in [9.17, 15) is 14.0 Å². The monoisotopic (exact) mass is 274 g/mol. The average molecular weight is 274 g/mol. The van der Waals surface area contributed by atoms with Gasteiger partial charge in [0.25, 0.3) is 0 Å². The third kappa shape index (κ3) is 3.22. The molecule has 1 aliphatic rings. The fourth-order valence-electron chi connectivity index (χ4n) is 2.07. The molecule has 0 radical (unpaired) electrons. The SMILES string of the molecule is NCC#Cc1cc(CN2C(=O)CCCC2=O)ccc1F. The van der Waals surface area contributed by atoms with Gasteiger partial charge in [-0.2, -0.15) is 0 Å². The van der Waals surface area contributed by atoms with Crippen LogP contribution in [0.1, 0.15) is 30.4 Å². The van der Waals surface area contributed by atoms with E-state index in [1.807, 2.05) is 0 Å². The first-order valence-corrected chi connectivity index (χ1v) is 6.42. The second kappa shape index (κ2) is 6.31. The van der Waals surface area contributed by atoms with Gasteiger partial charge in [0.05, 0.1) is 18.7 Å². The summed E-state index contributed by atoms with van der Waals surface area (Å²) in [5.41, 5.74) is 6.16. The molecule has 2 N–H and O–H groups in total. The highest BCUT2D eigenvalue weighted by molar-refractivity contribution is 5.97. The molecule has 1 aromatic rings. The number of hydrogen-bond donors (Lipinski definition) is 1. The lowest BCUT2D eigenvalue weighted by Crippen LogP contribution is -2.39. The quantitative estimate of drug-likeness (QED) is 0.650. The predicted molar refractivity (Wildman–Crippen MR) is 71.7 cm³/mol. The molecule has 0 spiro atoms. The first-order chi connectivity index (χ1) is 9.61. The van der Waals surface area contributed by atoms with Gasteiger partial charge in [0.1, 0.15) is 5.82 Å². The zero-order valence-electron chi connectivity index (χ0n) is 11.0. The third-order valence-electron chi connectivity index (χ3n) is 3.08. The van der Waals surface area contributed by atoms with Crippen LogP contribution in [0.2, 0.25) is 0 Å². The highest BCUT2D eigenvalue weighted by atomic mass is 19.1. The Morgan fingerprint density at radius 3 is 2.60 bits per heavy atom. The fourth-order valence-corrected chi connectivity index (χ4v) is 2.07. The van der Waals surface area contributed by atoms with Gasteiger partial charge in [-0.05, 0) is 24.1 Å². The molecule has 4 nitrogen and oxygen atoms in total. The van der Waals surface area contributed by atoms with E-state index in [1.54, 1.807) is 12.1 Å². The number of amides is 2. The summed E-state index contributed by atoms with van der Waals surface area (Å²) in [6.07, 6.45) is 1.37. The van der Waals surface area contributed by atoms with Crippen molar-refractivity contribution >= 4 is 11.8 Å². The maximum absolute atomic E-state index is 13.5. The van der Waals surface area contributed by atoms with E-state index >= 15 is 0 Å². The van der Waals surface area contributed by atoms with Crippen LogP contribution in [0.3, 0.4) is 0 Å². The number of nitrogens with two attached hydrogens (primary N) is 1. The second-order valence-corrected chi connectivity index (χ2v) is 4.55. The van der Waals surface area contributed by atoms with E-state index in [4.69, 9.17) is 5.73 Å². The van der Waals surface area contributed by atoms with Gasteiger partial charge in [-0.3, -0.25) is 14.5 Å². The number of benzene rings is 1. The molecule has 0 aromatic heterocycles. The van der Waals surface area contributed by atoms with Gasteiger partial charge in [0.2, 0.25) is 11.8 Å². The van der Waals surface area contributed by atoms with Crippen LogP contribution in [-0.2, 0) is 16.1 Å². The van der Waals surface area contributed by atoms with Crippen LogP contribution in [-0.4, -0.2) is 23.3 Å². The minimum atomic E-state index is -0.439. The largest absolute Gasteiger partial charge is 0.320 e. The zero-order valence-corrected chi connectivity index (χ0v) is 11.0.